The second-order valence-electron chi connectivity index (χ2n) is 5.18. The van der Waals surface area contributed by atoms with Gasteiger partial charge in [0.25, 0.3) is 0 Å². The molecule has 4 aromatic rings. The van der Waals surface area contributed by atoms with Crippen LogP contribution in [0.2, 0.25) is 0 Å². The molecule has 0 saturated carbocycles. The van der Waals surface area contributed by atoms with Crippen molar-refractivity contribution < 1.29 is 0 Å². The number of aromatic nitrogens is 1. The molecule has 3 heteroatoms. The lowest BCUT2D eigenvalue weighted by Gasteiger charge is -2.08. The Morgan fingerprint density at radius 3 is 2.50 bits per heavy atom. The van der Waals surface area contributed by atoms with Crippen LogP contribution in [0.3, 0.4) is 0 Å². The Kier molecular flexibility index (Phi) is 2.99. The molecule has 104 valence electrons. The molecule has 0 aliphatic heterocycles. The highest BCUT2D eigenvalue weighted by Crippen LogP contribution is 2.33. The summed E-state index contributed by atoms with van der Waals surface area (Å²) in [6, 6.07) is 24.6. The molecule has 0 bridgehead atoms. The summed E-state index contributed by atoms with van der Waals surface area (Å²) >= 11 is 3.56. The fourth-order valence-electron chi connectivity index (χ4n) is 2.94. The van der Waals surface area contributed by atoms with Crippen LogP contribution in [-0.4, -0.2) is 4.57 Å². The van der Waals surface area contributed by atoms with E-state index in [1.807, 2.05) is 30.3 Å². The van der Waals surface area contributed by atoms with E-state index in [0.29, 0.717) is 5.56 Å². The van der Waals surface area contributed by atoms with Crippen LogP contribution in [0.4, 0.5) is 0 Å². The van der Waals surface area contributed by atoms with Gasteiger partial charge in [0.2, 0.25) is 0 Å². The minimum Gasteiger partial charge on any atom is -0.309 e. The minimum atomic E-state index is 0.665. The Bertz CT molecular complexity index is 1050. The summed E-state index contributed by atoms with van der Waals surface area (Å²) in [5.74, 6) is 0. The lowest BCUT2D eigenvalue weighted by Crippen LogP contribution is -1.94. The zero-order chi connectivity index (χ0) is 15.1. The van der Waals surface area contributed by atoms with Crippen LogP contribution < -0.4 is 0 Å². The van der Waals surface area contributed by atoms with E-state index in [4.69, 9.17) is 5.26 Å². The summed E-state index contributed by atoms with van der Waals surface area (Å²) < 4.78 is 3.25. The van der Waals surface area contributed by atoms with E-state index >= 15 is 0 Å². The fourth-order valence-corrected chi connectivity index (χ4v) is 3.29. The number of para-hydroxylation sites is 1. The molecule has 1 heterocycles. The van der Waals surface area contributed by atoms with Crippen LogP contribution in [0.1, 0.15) is 5.56 Å². The first kappa shape index (κ1) is 13.1. The highest BCUT2D eigenvalue weighted by Gasteiger charge is 2.12. The second-order valence-corrected chi connectivity index (χ2v) is 6.09. The fraction of sp³-hybridized carbons (Fsp3) is 0. The third-order valence-electron chi connectivity index (χ3n) is 3.87. The van der Waals surface area contributed by atoms with Gasteiger partial charge in [-0.15, -0.1) is 0 Å². The first-order valence-electron chi connectivity index (χ1n) is 6.97. The molecule has 1 aromatic heterocycles. The molecule has 0 aliphatic carbocycles. The lowest BCUT2D eigenvalue weighted by molar-refractivity contribution is 1.18. The Balaban J connectivity index is 2.18. The van der Waals surface area contributed by atoms with Crippen LogP contribution >= 0.6 is 15.9 Å². The second kappa shape index (κ2) is 5.01. The minimum absolute atomic E-state index is 0.665. The van der Waals surface area contributed by atoms with Crippen molar-refractivity contribution in [2.75, 3.05) is 0 Å². The molecule has 0 N–H and O–H groups in total. The quantitative estimate of drug-likeness (QED) is 0.452. The van der Waals surface area contributed by atoms with Crippen molar-refractivity contribution in [3.05, 3.63) is 76.8 Å². The number of hydrogen-bond acceptors (Lipinski definition) is 1. The largest absolute Gasteiger partial charge is 0.309 e. The Hall–Kier alpha value is -2.57. The standard InChI is InChI=1S/C19H11BrN2/c20-14-8-9-17-16-6-1-2-7-18(16)22(19(17)11-14)15-5-3-4-13(10-15)12-21/h1-11H. The first-order chi connectivity index (χ1) is 10.8. The van der Waals surface area contributed by atoms with Gasteiger partial charge in [0.1, 0.15) is 0 Å². The van der Waals surface area contributed by atoms with Gasteiger partial charge < -0.3 is 4.57 Å². The van der Waals surface area contributed by atoms with Gasteiger partial charge in [0, 0.05) is 20.9 Å². The zero-order valence-electron chi connectivity index (χ0n) is 11.6. The maximum absolute atomic E-state index is 9.16. The monoisotopic (exact) mass is 346 g/mol. The Morgan fingerprint density at radius 1 is 0.818 bits per heavy atom. The van der Waals surface area contributed by atoms with E-state index in [-0.39, 0.29) is 0 Å². The third kappa shape index (κ3) is 1.93. The van der Waals surface area contributed by atoms with E-state index in [9.17, 15) is 0 Å². The van der Waals surface area contributed by atoms with Crippen molar-refractivity contribution in [1.82, 2.24) is 4.57 Å². The molecule has 0 spiro atoms. The average molecular weight is 347 g/mol. The molecule has 4 rings (SSSR count). The third-order valence-corrected chi connectivity index (χ3v) is 4.36. The van der Waals surface area contributed by atoms with Gasteiger partial charge in [0.15, 0.2) is 0 Å². The number of nitriles is 1. The molecular formula is C19H11BrN2. The maximum atomic E-state index is 9.16. The van der Waals surface area contributed by atoms with Gasteiger partial charge in [-0.3, -0.25) is 0 Å². The van der Waals surface area contributed by atoms with Crippen molar-refractivity contribution in [2.45, 2.75) is 0 Å². The maximum Gasteiger partial charge on any atom is 0.0992 e. The molecule has 0 amide bonds. The van der Waals surface area contributed by atoms with Crippen LogP contribution in [0.5, 0.6) is 0 Å². The molecule has 0 radical (unpaired) electrons. The van der Waals surface area contributed by atoms with Gasteiger partial charge in [-0.2, -0.15) is 5.26 Å². The zero-order valence-corrected chi connectivity index (χ0v) is 13.2. The van der Waals surface area contributed by atoms with Crippen molar-refractivity contribution in [1.29, 1.82) is 5.26 Å². The topological polar surface area (TPSA) is 28.7 Å². The predicted octanol–water partition coefficient (Wildman–Crippen LogP) is 5.42. The van der Waals surface area contributed by atoms with Crippen molar-refractivity contribution >= 4 is 37.7 Å². The van der Waals surface area contributed by atoms with Gasteiger partial charge in [0.05, 0.1) is 22.7 Å². The average Bonchev–Trinajstić information content (AvgIpc) is 2.88. The molecule has 2 nitrogen and oxygen atoms in total. The first-order valence-corrected chi connectivity index (χ1v) is 7.76. The molecule has 0 fully saturated rings. The number of halogens is 1. The highest BCUT2D eigenvalue weighted by molar-refractivity contribution is 9.10. The molecule has 0 saturated heterocycles. The van der Waals surface area contributed by atoms with Crippen LogP contribution in [0.15, 0.2) is 71.2 Å². The van der Waals surface area contributed by atoms with E-state index in [0.717, 1.165) is 21.2 Å². The summed E-state index contributed by atoms with van der Waals surface area (Å²) in [5, 5.41) is 11.6. The molecule has 0 aliphatic rings. The predicted molar refractivity (Wildman–Crippen MR) is 93.2 cm³/mol. The number of fused-ring (bicyclic) bond motifs is 3. The normalized spacial score (nSPS) is 10.9. The molecular weight excluding hydrogens is 336 g/mol. The van der Waals surface area contributed by atoms with Crippen LogP contribution in [0, 0.1) is 11.3 Å². The SMILES string of the molecule is N#Cc1cccc(-n2c3ccccc3c3ccc(Br)cc32)c1. The van der Waals surface area contributed by atoms with Crippen LogP contribution in [0.25, 0.3) is 27.5 Å². The van der Waals surface area contributed by atoms with Crippen molar-refractivity contribution in [3.63, 3.8) is 0 Å². The summed E-state index contributed by atoms with van der Waals surface area (Å²) in [6.07, 6.45) is 0. The van der Waals surface area contributed by atoms with Gasteiger partial charge in [-0.25, -0.2) is 0 Å². The van der Waals surface area contributed by atoms with Gasteiger partial charge in [-0.05, 0) is 36.4 Å². The van der Waals surface area contributed by atoms with E-state index in [2.05, 4.69) is 63.0 Å². The summed E-state index contributed by atoms with van der Waals surface area (Å²) in [5.41, 5.74) is 3.94. The summed E-state index contributed by atoms with van der Waals surface area (Å²) in [4.78, 5) is 0. The molecule has 0 unspecified atom stereocenters. The molecule has 22 heavy (non-hydrogen) atoms. The number of nitrogens with zero attached hydrogens (tertiary/aromatic N) is 2. The molecule has 0 atom stereocenters. The van der Waals surface area contributed by atoms with Crippen LogP contribution in [-0.2, 0) is 0 Å². The van der Waals surface area contributed by atoms with Crippen molar-refractivity contribution in [2.24, 2.45) is 0 Å². The van der Waals surface area contributed by atoms with Gasteiger partial charge >= 0.3 is 0 Å². The highest BCUT2D eigenvalue weighted by atomic mass is 79.9. The van der Waals surface area contributed by atoms with E-state index in [1.165, 1.54) is 10.8 Å². The van der Waals surface area contributed by atoms with Crippen molar-refractivity contribution in [3.8, 4) is 11.8 Å². The number of benzene rings is 3. The van der Waals surface area contributed by atoms with E-state index in [1.54, 1.807) is 0 Å². The number of hydrogen-bond donors (Lipinski definition) is 0. The van der Waals surface area contributed by atoms with Gasteiger partial charge in [-0.1, -0.05) is 46.3 Å². The Morgan fingerprint density at radius 2 is 1.64 bits per heavy atom. The van der Waals surface area contributed by atoms with E-state index < -0.39 is 0 Å². The number of rotatable bonds is 1. The Labute approximate surface area is 136 Å². The lowest BCUT2D eigenvalue weighted by atomic mass is 10.2. The smallest absolute Gasteiger partial charge is 0.0992 e. The summed E-state index contributed by atoms with van der Waals surface area (Å²) in [6.45, 7) is 0. The summed E-state index contributed by atoms with van der Waals surface area (Å²) in [7, 11) is 0. The molecule has 3 aromatic carbocycles.